The van der Waals surface area contributed by atoms with Crippen LogP contribution in [0.1, 0.15) is 10.4 Å². The lowest BCUT2D eigenvalue weighted by atomic mass is 10.1. The highest BCUT2D eigenvalue weighted by Crippen LogP contribution is 2.31. The van der Waals surface area contributed by atoms with Gasteiger partial charge in [-0.1, -0.05) is 42.5 Å². The van der Waals surface area contributed by atoms with Crippen LogP contribution in [-0.4, -0.2) is 11.0 Å². The van der Waals surface area contributed by atoms with E-state index in [0.717, 1.165) is 0 Å². The van der Waals surface area contributed by atoms with Crippen LogP contribution in [0.5, 0.6) is 5.75 Å². The van der Waals surface area contributed by atoms with Gasteiger partial charge in [0.15, 0.2) is 5.76 Å². The van der Waals surface area contributed by atoms with Gasteiger partial charge in [0.2, 0.25) is 11.2 Å². The van der Waals surface area contributed by atoms with Crippen molar-refractivity contribution in [3.05, 3.63) is 94.9 Å². The summed E-state index contributed by atoms with van der Waals surface area (Å²) in [5.41, 5.74) is 0.920. The van der Waals surface area contributed by atoms with Crippen LogP contribution < -0.4 is 10.2 Å². The molecular weight excluding hydrogens is 330 g/mol. The fourth-order valence-electron chi connectivity index (χ4n) is 2.63. The lowest BCUT2D eigenvalue weighted by Gasteiger charge is -2.10. The maximum absolute atomic E-state index is 12.9. The highest BCUT2D eigenvalue weighted by Gasteiger charge is 2.21. The Balaban J connectivity index is 1.90. The van der Waals surface area contributed by atoms with Crippen molar-refractivity contribution in [2.75, 3.05) is 0 Å². The van der Waals surface area contributed by atoms with Gasteiger partial charge >= 0.3 is 5.97 Å². The quantitative estimate of drug-likeness (QED) is 0.524. The molecule has 0 aliphatic carbocycles. The van der Waals surface area contributed by atoms with Crippen LogP contribution in [0.15, 0.2) is 88.3 Å². The number of hydrogen-bond acceptors (Lipinski definition) is 5. The number of nitrogens with zero attached hydrogens (tertiary/aromatic N) is 1. The van der Waals surface area contributed by atoms with Crippen molar-refractivity contribution in [2.45, 2.75) is 0 Å². The summed E-state index contributed by atoms with van der Waals surface area (Å²) in [5.74, 6) is -0.590. The number of aromatic nitrogens is 1. The molecule has 26 heavy (non-hydrogen) atoms. The van der Waals surface area contributed by atoms with Gasteiger partial charge in [0.1, 0.15) is 5.58 Å². The van der Waals surface area contributed by atoms with Gasteiger partial charge in [-0.15, -0.1) is 0 Å². The predicted molar refractivity (Wildman–Crippen MR) is 97.1 cm³/mol. The first-order valence-electron chi connectivity index (χ1n) is 7.97. The van der Waals surface area contributed by atoms with E-state index in [-0.39, 0.29) is 17.1 Å². The minimum absolute atomic E-state index is 0.135. The topological polar surface area (TPSA) is 69.4 Å². The predicted octanol–water partition coefficient (Wildman–Crippen LogP) is 4.07. The largest absolute Gasteiger partial charge is 0.452 e. The molecular formula is C21H13NO4. The van der Waals surface area contributed by atoms with Gasteiger partial charge in [0.05, 0.1) is 10.9 Å². The Kier molecular flexibility index (Phi) is 4.03. The van der Waals surface area contributed by atoms with Crippen LogP contribution in [0.3, 0.4) is 0 Å². The SMILES string of the molecule is O=C(Oc1c(-c2ccccc2)oc2ccccc2c1=O)c1cccnc1. The highest BCUT2D eigenvalue weighted by molar-refractivity contribution is 5.92. The van der Waals surface area contributed by atoms with E-state index in [1.807, 2.05) is 18.2 Å². The minimum Gasteiger partial charge on any atom is -0.452 e. The van der Waals surface area contributed by atoms with Gasteiger partial charge in [-0.25, -0.2) is 4.79 Å². The van der Waals surface area contributed by atoms with Crippen molar-refractivity contribution < 1.29 is 13.9 Å². The second-order valence-corrected chi connectivity index (χ2v) is 5.58. The van der Waals surface area contributed by atoms with Crippen molar-refractivity contribution in [2.24, 2.45) is 0 Å². The first-order valence-corrected chi connectivity index (χ1v) is 7.97. The molecule has 4 aromatic rings. The third kappa shape index (κ3) is 2.86. The Morgan fingerprint density at radius 2 is 1.69 bits per heavy atom. The zero-order chi connectivity index (χ0) is 17.9. The van der Waals surface area contributed by atoms with Crippen molar-refractivity contribution in [3.8, 4) is 17.1 Å². The maximum Gasteiger partial charge on any atom is 0.345 e. The molecule has 2 aromatic heterocycles. The monoisotopic (exact) mass is 343 g/mol. The van der Waals surface area contributed by atoms with Gasteiger partial charge in [-0.2, -0.15) is 0 Å². The molecule has 0 fully saturated rings. The van der Waals surface area contributed by atoms with E-state index in [9.17, 15) is 9.59 Å². The molecule has 126 valence electrons. The minimum atomic E-state index is -0.669. The molecule has 0 unspecified atom stereocenters. The average Bonchev–Trinajstić information content (AvgIpc) is 2.71. The molecule has 5 heteroatoms. The number of benzene rings is 2. The molecule has 4 rings (SSSR count). The molecule has 2 aromatic carbocycles. The number of carbonyl (C=O) groups is 1. The molecule has 0 bridgehead atoms. The first-order chi connectivity index (χ1) is 12.7. The Hall–Kier alpha value is -3.73. The second kappa shape index (κ2) is 6.64. The van der Waals surface area contributed by atoms with Gasteiger partial charge in [-0.3, -0.25) is 9.78 Å². The van der Waals surface area contributed by atoms with Crippen LogP contribution in [0.4, 0.5) is 0 Å². The number of para-hydroxylation sites is 1. The second-order valence-electron chi connectivity index (χ2n) is 5.58. The van der Waals surface area contributed by atoms with Gasteiger partial charge in [-0.05, 0) is 24.3 Å². The zero-order valence-electron chi connectivity index (χ0n) is 13.6. The number of esters is 1. The summed E-state index contributed by atoms with van der Waals surface area (Å²) in [4.78, 5) is 29.3. The summed E-state index contributed by atoms with van der Waals surface area (Å²) in [6.07, 6.45) is 2.93. The van der Waals surface area contributed by atoms with Crippen LogP contribution in [-0.2, 0) is 0 Å². The van der Waals surface area contributed by atoms with E-state index in [1.165, 1.54) is 6.20 Å². The van der Waals surface area contributed by atoms with Gasteiger partial charge in [0.25, 0.3) is 0 Å². The van der Waals surface area contributed by atoms with E-state index in [0.29, 0.717) is 16.5 Å². The fraction of sp³-hybridized carbons (Fsp3) is 0. The highest BCUT2D eigenvalue weighted by atomic mass is 16.5. The van der Waals surface area contributed by atoms with E-state index in [4.69, 9.17) is 9.15 Å². The standard InChI is InChI=1S/C21H13NO4/c23-18-16-10-4-5-11-17(16)25-19(14-7-2-1-3-8-14)20(18)26-21(24)15-9-6-12-22-13-15/h1-13H. The molecule has 0 spiro atoms. The number of carbonyl (C=O) groups excluding carboxylic acids is 1. The average molecular weight is 343 g/mol. The number of fused-ring (bicyclic) bond motifs is 1. The van der Waals surface area contributed by atoms with Crippen molar-refractivity contribution in [1.82, 2.24) is 4.98 Å². The van der Waals surface area contributed by atoms with Crippen LogP contribution in [0, 0.1) is 0 Å². The number of pyridine rings is 1. The lowest BCUT2D eigenvalue weighted by Crippen LogP contribution is -2.16. The van der Waals surface area contributed by atoms with Gasteiger partial charge < -0.3 is 9.15 Å². The summed E-state index contributed by atoms with van der Waals surface area (Å²) >= 11 is 0. The molecule has 0 saturated heterocycles. The zero-order valence-corrected chi connectivity index (χ0v) is 13.6. The fourth-order valence-corrected chi connectivity index (χ4v) is 2.63. The Bertz CT molecular complexity index is 1130. The van der Waals surface area contributed by atoms with E-state index in [1.54, 1.807) is 54.7 Å². The molecule has 0 radical (unpaired) electrons. The molecule has 0 atom stereocenters. The van der Waals surface area contributed by atoms with E-state index in [2.05, 4.69) is 4.98 Å². The summed E-state index contributed by atoms with van der Waals surface area (Å²) in [7, 11) is 0. The summed E-state index contributed by atoms with van der Waals surface area (Å²) in [6.45, 7) is 0. The smallest absolute Gasteiger partial charge is 0.345 e. The van der Waals surface area contributed by atoms with Crippen molar-refractivity contribution in [3.63, 3.8) is 0 Å². The normalized spacial score (nSPS) is 10.6. The summed E-state index contributed by atoms with van der Waals surface area (Å²) in [5, 5.41) is 0.348. The number of hydrogen-bond donors (Lipinski definition) is 0. The molecule has 0 aliphatic heterocycles. The Labute approximate surface area is 148 Å². The number of rotatable bonds is 3. The van der Waals surface area contributed by atoms with E-state index >= 15 is 0 Å². The van der Waals surface area contributed by atoms with Crippen molar-refractivity contribution >= 4 is 16.9 Å². The first kappa shape index (κ1) is 15.8. The third-order valence-electron chi connectivity index (χ3n) is 3.88. The van der Waals surface area contributed by atoms with Gasteiger partial charge in [0, 0.05) is 18.0 Å². The van der Waals surface area contributed by atoms with E-state index < -0.39 is 11.4 Å². The third-order valence-corrected chi connectivity index (χ3v) is 3.88. The lowest BCUT2D eigenvalue weighted by molar-refractivity contribution is 0.0731. The van der Waals surface area contributed by atoms with Crippen LogP contribution >= 0.6 is 0 Å². The molecule has 0 saturated carbocycles. The van der Waals surface area contributed by atoms with Crippen LogP contribution in [0.25, 0.3) is 22.3 Å². The molecule has 5 nitrogen and oxygen atoms in total. The van der Waals surface area contributed by atoms with Crippen molar-refractivity contribution in [1.29, 1.82) is 0 Å². The Morgan fingerprint density at radius 3 is 2.46 bits per heavy atom. The summed E-state index contributed by atoms with van der Waals surface area (Å²) in [6, 6.07) is 19.1. The molecule has 0 aliphatic rings. The molecule has 0 N–H and O–H groups in total. The Morgan fingerprint density at radius 1 is 0.923 bits per heavy atom. The molecule has 2 heterocycles. The summed E-state index contributed by atoms with van der Waals surface area (Å²) < 4.78 is 11.3. The maximum atomic E-state index is 12.9. The molecule has 0 amide bonds. The van der Waals surface area contributed by atoms with Crippen LogP contribution in [0.2, 0.25) is 0 Å². The number of ether oxygens (including phenoxy) is 1.